The first-order valence-electron chi connectivity index (χ1n) is 8.49. The number of fused-ring (bicyclic) bond motifs is 1. The molecule has 6 nitrogen and oxygen atoms in total. The van der Waals surface area contributed by atoms with Gasteiger partial charge in [-0.05, 0) is 24.1 Å². The minimum atomic E-state index is -3.52. The Morgan fingerprint density at radius 2 is 1.85 bits per heavy atom. The number of nitrogens with one attached hydrogen (secondary N) is 1. The zero-order chi connectivity index (χ0) is 18.7. The molecule has 0 fully saturated rings. The molecule has 1 amide bonds. The number of sulfonamides is 1. The van der Waals surface area contributed by atoms with Crippen LogP contribution in [0.1, 0.15) is 24.9 Å². The van der Waals surface area contributed by atoms with Gasteiger partial charge in [-0.2, -0.15) is 0 Å². The summed E-state index contributed by atoms with van der Waals surface area (Å²) in [7, 11) is -3.52. The van der Waals surface area contributed by atoms with Crippen LogP contribution in [0.25, 0.3) is 0 Å². The Labute approximate surface area is 153 Å². The van der Waals surface area contributed by atoms with Gasteiger partial charge in [0.2, 0.25) is 10.0 Å². The van der Waals surface area contributed by atoms with E-state index in [1.54, 1.807) is 24.3 Å². The van der Waals surface area contributed by atoms with Gasteiger partial charge < -0.3 is 10.1 Å². The van der Waals surface area contributed by atoms with Crippen molar-refractivity contribution in [2.45, 2.75) is 25.5 Å². The first-order chi connectivity index (χ1) is 12.4. The van der Waals surface area contributed by atoms with Gasteiger partial charge in [-0.3, -0.25) is 9.10 Å². The highest BCUT2D eigenvalue weighted by molar-refractivity contribution is 7.92. The van der Waals surface area contributed by atoms with E-state index in [2.05, 4.69) is 5.32 Å². The molecule has 3 rings (SSSR count). The maximum Gasteiger partial charge on any atom is 0.263 e. The lowest BCUT2D eigenvalue weighted by Gasteiger charge is -2.34. The van der Waals surface area contributed by atoms with Crippen LogP contribution in [-0.2, 0) is 14.8 Å². The molecule has 1 N–H and O–H groups in total. The van der Waals surface area contributed by atoms with Crippen molar-refractivity contribution in [1.29, 1.82) is 0 Å². The standard InChI is InChI=1S/C19H22N2O4S/c1-3-15(14-9-5-4-6-10-14)20-19(22)18-13-21(26(2,23)24)16-11-7-8-12-17(16)25-18/h4-12,15,18H,3,13H2,1-2H3,(H,20,22)/t15-,18+/m0/s1. The Kier molecular flexibility index (Phi) is 5.18. The molecule has 0 spiro atoms. The molecule has 0 saturated carbocycles. The number of anilines is 1. The monoisotopic (exact) mass is 374 g/mol. The van der Waals surface area contributed by atoms with Gasteiger partial charge in [0.05, 0.1) is 24.5 Å². The third kappa shape index (κ3) is 3.83. The minimum Gasteiger partial charge on any atom is -0.476 e. The molecule has 1 aliphatic rings. The van der Waals surface area contributed by atoms with Crippen LogP contribution in [-0.4, -0.2) is 33.2 Å². The van der Waals surface area contributed by atoms with Gasteiger partial charge in [0.1, 0.15) is 5.75 Å². The van der Waals surface area contributed by atoms with Crippen molar-refractivity contribution < 1.29 is 17.9 Å². The molecule has 2 aromatic carbocycles. The van der Waals surface area contributed by atoms with Crippen LogP contribution in [0.4, 0.5) is 5.69 Å². The molecule has 0 bridgehead atoms. The average molecular weight is 374 g/mol. The van der Waals surface area contributed by atoms with Crippen LogP contribution in [0.15, 0.2) is 54.6 Å². The number of hydrogen-bond donors (Lipinski definition) is 1. The smallest absolute Gasteiger partial charge is 0.263 e. The van der Waals surface area contributed by atoms with Crippen LogP contribution in [0.5, 0.6) is 5.75 Å². The lowest BCUT2D eigenvalue weighted by molar-refractivity contribution is -0.128. The number of carbonyl (C=O) groups is 1. The fourth-order valence-corrected chi connectivity index (χ4v) is 3.94. The minimum absolute atomic E-state index is 0.0487. The Balaban J connectivity index is 1.82. The molecule has 2 atom stereocenters. The third-order valence-corrected chi connectivity index (χ3v) is 5.50. The summed E-state index contributed by atoms with van der Waals surface area (Å²) in [4.78, 5) is 12.8. The van der Waals surface area contributed by atoms with Crippen LogP contribution >= 0.6 is 0 Å². The molecule has 7 heteroatoms. The molecule has 0 radical (unpaired) electrons. The van der Waals surface area contributed by atoms with Gasteiger partial charge in [0.15, 0.2) is 6.10 Å². The van der Waals surface area contributed by atoms with E-state index in [1.165, 1.54) is 4.31 Å². The zero-order valence-electron chi connectivity index (χ0n) is 14.8. The number of rotatable bonds is 5. The molecular weight excluding hydrogens is 352 g/mol. The highest BCUT2D eigenvalue weighted by Gasteiger charge is 2.35. The van der Waals surface area contributed by atoms with Crippen LogP contribution in [0.2, 0.25) is 0 Å². The van der Waals surface area contributed by atoms with Gasteiger partial charge in [-0.15, -0.1) is 0 Å². The van der Waals surface area contributed by atoms with E-state index in [-0.39, 0.29) is 18.5 Å². The van der Waals surface area contributed by atoms with Crippen molar-refractivity contribution >= 4 is 21.6 Å². The molecule has 1 heterocycles. The third-order valence-electron chi connectivity index (χ3n) is 4.35. The summed E-state index contributed by atoms with van der Waals surface area (Å²) in [6.07, 6.45) is 0.940. The van der Waals surface area contributed by atoms with Crippen molar-refractivity contribution in [2.24, 2.45) is 0 Å². The van der Waals surface area contributed by atoms with Gasteiger partial charge >= 0.3 is 0 Å². The second-order valence-electron chi connectivity index (χ2n) is 6.25. The van der Waals surface area contributed by atoms with E-state index in [9.17, 15) is 13.2 Å². The van der Waals surface area contributed by atoms with Crippen molar-refractivity contribution in [3.63, 3.8) is 0 Å². The second-order valence-corrected chi connectivity index (χ2v) is 8.16. The largest absolute Gasteiger partial charge is 0.476 e. The second kappa shape index (κ2) is 7.37. The van der Waals surface area contributed by atoms with E-state index >= 15 is 0 Å². The predicted octanol–water partition coefficient (Wildman–Crippen LogP) is 2.48. The molecule has 0 saturated heterocycles. The summed E-state index contributed by atoms with van der Waals surface area (Å²) in [5.41, 5.74) is 1.45. The molecule has 138 valence electrons. The lowest BCUT2D eigenvalue weighted by atomic mass is 10.0. The first-order valence-corrected chi connectivity index (χ1v) is 10.3. The maximum atomic E-state index is 12.8. The summed E-state index contributed by atoms with van der Waals surface area (Å²) in [5.74, 6) is 0.0564. The summed E-state index contributed by atoms with van der Waals surface area (Å²) in [6.45, 7) is 1.94. The molecule has 2 aromatic rings. The number of nitrogens with zero attached hydrogens (tertiary/aromatic N) is 1. The van der Waals surface area contributed by atoms with Gasteiger partial charge in [0, 0.05) is 0 Å². The zero-order valence-corrected chi connectivity index (χ0v) is 15.6. The summed E-state index contributed by atoms with van der Waals surface area (Å²) in [6, 6.07) is 16.3. The maximum absolute atomic E-state index is 12.8. The molecule has 1 aliphatic heterocycles. The SMILES string of the molecule is CC[C@H](NC(=O)[C@H]1CN(S(C)(=O)=O)c2ccccc2O1)c1ccccc1. The van der Waals surface area contributed by atoms with E-state index < -0.39 is 16.1 Å². The summed E-state index contributed by atoms with van der Waals surface area (Å²) < 4.78 is 31.3. The van der Waals surface area contributed by atoms with E-state index in [0.29, 0.717) is 11.4 Å². The fraction of sp³-hybridized carbons (Fsp3) is 0.316. The Bertz CT molecular complexity index is 883. The molecule has 0 unspecified atom stereocenters. The number of hydrogen-bond acceptors (Lipinski definition) is 4. The molecule has 0 aliphatic carbocycles. The fourth-order valence-electron chi connectivity index (χ4n) is 3.02. The summed E-state index contributed by atoms with van der Waals surface area (Å²) in [5, 5.41) is 2.97. The molecular formula is C19H22N2O4S. The number of para-hydroxylation sites is 2. The number of benzene rings is 2. The summed E-state index contributed by atoms with van der Waals surface area (Å²) >= 11 is 0. The van der Waals surface area contributed by atoms with Crippen molar-refractivity contribution in [3.8, 4) is 5.75 Å². The number of ether oxygens (including phenoxy) is 1. The van der Waals surface area contributed by atoms with Gasteiger partial charge in [0.25, 0.3) is 5.91 Å². The Morgan fingerprint density at radius 3 is 2.50 bits per heavy atom. The Hall–Kier alpha value is -2.54. The highest BCUT2D eigenvalue weighted by atomic mass is 32.2. The van der Waals surface area contributed by atoms with E-state index in [4.69, 9.17) is 4.74 Å². The number of amides is 1. The van der Waals surface area contributed by atoms with Crippen LogP contribution in [0, 0.1) is 0 Å². The quantitative estimate of drug-likeness (QED) is 0.872. The normalized spacial score (nSPS) is 17.8. The van der Waals surface area contributed by atoms with Crippen molar-refractivity contribution in [3.05, 3.63) is 60.2 Å². The predicted molar refractivity (Wildman–Crippen MR) is 101 cm³/mol. The van der Waals surface area contributed by atoms with Crippen molar-refractivity contribution in [2.75, 3.05) is 17.1 Å². The number of carbonyl (C=O) groups excluding carboxylic acids is 1. The van der Waals surface area contributed by atoms with E-state index in [0.717, 1.165) is 18.2 Å². The van der Waals surface area contributed by atoms with Crippen molar-refractivity contribution in [1.82, 2.24) is 5.32 Å². The van der Waals surface area contributed by atoms with Crippen LogP contribution < -0.4 is 14.4 Å². The average Bonchev–Trinajstić information content (AvgIpc) is 2.65. The molecule has 0 aromatic heterocycles. The van der Waals surface area contributed by atoms with E-state index in [1.807, 2.05) is 37.3 Å². The van der Waals surface area contributed by atoms with Crippen LogP contribution in [0.3, 0.4) is 0 Å². The van der Waals surface area contributed by atoms with Gasteiger partial charge in [-0.25, -0.2) is 8.42 Å². The lowest BCUT2D eigenvalue weighted by Crippen LogP contribution is -2.51. The molecule has 26 heavy (non-hydrogen) atoms. The first kappa shape index (κ1) is 18.3. The van der Waals surface area contributed by atoms with Gasteiger partial charge in [-0.1, -0.05) is 49.4 Å². The topological polar surface area (TPSA) is 75.7 Å². The Morgan fingerprint density at radius 1 is 1.19 bits per heavy atom. The highest BCUT2D eigenvalue weighted by Crippen LogP contribution is 2.34.